The number of hydrogen-bond donors (Lipinski definition) is 0. The molecule has 0 radical (unpaired) electrons. The third-order valence-corrected chi connectivity index (χ3v) is 3.61. The maximum absolute atomic E-state index is 3.77. The number of hydrogen-bond acceptors (Lipinski definition) is 0. The highest BCUT2D eigenvalue weighted by atomic mass is 14.0. The number of rotatable bonds is 10. The molecule has 0 nitrogen and oxygen atoms in total. The molecule has 114 valence electrons. The second kappa shape index (κ2) is 11.8. The largest absolute Gasteiger partial charge is 0.0988 e. The molecular weight excluding hydrogens is 240 g/mol. The molecule has 0 N–H and O–H groups in total. The first-order valence-electron chi connectivity index (χ1n) is 8.06. The average molecular weight is 274 g/mol. The van der Waals surface area contributed by atoms with Gasteiger partial charge in [-0.15, -0.1) is 0 Å². The first kappa shape index (κ1) is 19.0. The van der Waals surface area contributed by atoms with Crippen LogP contribution in [0.15, 0.2) is 47.6 Å². The van der Waals surface area contributed by atoms with E-state index in [9.17, 15) is 0 Å². The first-order chi connectivity index (χ1) is 9.45. The molecule has 20 heavy (non-hydrogen) atoms. The molecule has 0 heterocycles. The van der Waals surface area contributed by atoms with E-state index < -0.39 is 0 Å². The van der Waals surface area contributed by atoms with Crippen LogP contribution in [0, 0.1) is 5.92 Å². The summed E-state index contributed by atoms with van der Waals surface area (Å²) in [5.41, 5.74) is 4.31. The minimum Gasteiger partial charge on any atom is -0.0988 e. The molecule has 0 atom stereocenters. The number of allylic oxidation sites excluding steroid dienone is 7. The second-order valence-electron chi connectivity index (χ2n) is 6.31. The Labute approximate surface area is 127 Å². The zero-order valence-corrected chi connectivity index (χ0v) is 14.3. The summed E-state index contributed by atoms with van der Waals surface area (Å²) in [7, 11) is 0. The lowest BCUT2D eigenvalue weighted by molar-refractivity contribution is 0.554. The highest BCUT2D eigenvalue weighted by Crippen LogP contribution is 2.14. The average Bonchev–Trinajstić information content (AvgIpc) is 2.38. The van der Waals surface area contributed by atoms with E-state index in [0.717, 1.165) is 12.3 Å². The van der Waals surface area contributed by atoms with Crippen molar-refractivity contribution in [2.75, 3.05) is 0 Å². The monoisotopic (exact) mass is 274 g/mol. The topological polar surface area (TPSA) is 0 Å². The minimum atomic E-state index is 0.833. The van der Waals surface area contributed by atoms with Gasteiger partial charge in [0.1, 0.15) is 0 Å². The maximum atomic E-state index is 3.77. The van der Waals surface area contributed by atoms with E-state index in [4.69, 9.17) is 0 Å². The van der Waals surface area contributed by atoms with E-state index in [2.05, 4.69) is 59.4 Å². The van der Waals surface area contributed by atoms with Gasteiger partial charge in [0.05, 0.1) is 0 Å². The van der Waals surface area contributed by atoms with E-state index in [0.29, 0.717) is 0 Å². The van der Waals surface area contributed by atoms with E-state index >= 15 is 0 Å². The molecule has 0 heteroatoms. The third kappa shape index (κ3) is 12.0. The molecule has 0 spiro atoms. The Bertz CT molecular complexity index is 350. The molecular formula is C20H34. The van der Waals surface area contributed by atoms with Gasteiger partial charge in [0.15, 0.2) is 0 Å². The molecule has 0 fully saturated rings. The summed E-state index contributed by atoms with van der Waals surface area (Å²) in [6.45, 7) is 15.0. The van der Waals surface area contributed by atoms with Gasteiger partial charge in [0.25, 0.3) is 0 Å². The van der Waals surface area contributed by atoms with E-state index in [1.807, 2.05) is 6.08 Å². The lowest BCUT2D eigenvalue weighted by Gasteiger charge is -2.05. The van der Waals surface area contributed by atoms with Crippen molar-refractivity contribution in [3.63, 3.8) is 0 Å². The van der Waals surface area contributed by atoms with Gasteiger partial charge in [-0.1, -0.05) is 67.9 Å². The van der Waals surface area contributed by atoms with Crippen LogP contribution in [-0.4, -0.2) is 0 Å². The van der Waals surface area contributed by atoms with Crippen LogP contribution < -0.4 is 0 Å². The van der Waals surface area contributed by atoms with Gasteiger partial charge in [-0.3, -0.25) is 0 Å². The van der Waals surface area contributed by atoms with Crippen molar-refractivity contribution >= 4 is 0 Å². The fourth-order valence-electron chi connectivity index (χ4n) is 2.07. The van der Waals surface area contributed by atoms with Crippen LogP contribution in [0.25, 0.3) is 0 Å². The van der Waals surface area contributed by atoms with Crippen LogP contribution in [0.2, 0.25) is 0 Å². The quantitative estimate of drug-likeness (QED) is 0.297. The van der Waals surface area contributed by atoms with Gasteiger partial charge in [-0.25, -0.2) is 0 Å². The molecule has 0 aliphatic rings. The predicted molar refractivity (Wildman–Crippen MR) is 94.0 cm³/mol. The van der Waals surface area contributed by atoms with Gasteiger partial charge in [-0.05, 0) is 58.8 Å². The van der Waals surface area contributed by atoms with Gasteiger partial charge < -0.3 is 0 Å². The molecule has 0 unspecified atom stereocenters. The van der Waals surface area contributed by atoms with Gasteiger partial charge in [0, 0.05) is 0 Å². The predicted octanol–water partition coefficient (Wildman–Crippen LogP) is 7.01. The van der Waals surface area contributed by atoms with Crippen LogP contribution in [0.5, 0.6) is 0 Å². The van der Waals surface area contributed by atoms with E-state index in [1.54, 1.807) is 5.57 Å². The summed E-state index contributed by atoms with van der Waals surface area (Å²) in [6.07, 6.45) is 16.2. The van der Waals surface area contributed by atoms with Crippen LogP contribution >= 0.6 is 0 Å². The van der Waals surface area contributed by atoms with Gasteiger partial charge in [0.2, 0.25) is 0 Å². The molecule has 0 aliphatic heterocycles. The van der Waals surface area contributed by atoms with Gasteiger partial charge in [-0.2, -0.15) is 0 Å². The van der Waals surface area contributed by atoms with Crippen molar-refractivity contribution in [2.24, 2.45) is 5.92 Å². The smallest absolute Gasteiger partial charge is 0.0161 e. The molecule has 0 aliphatic carbocycles. The molecule has 0 aromatic carbocycles. The second-order valence-corrected chi connectivity index (χ2v) is 6.31. The van der Waals surface area contributed by atoms with Gasteiger partial charge >= 0.3 is 0 Å². The summed E-state index contributed by atoms with van der Waals surface area (Å²) < 4.78 is 0. The first-order valence-corrected chi connectivity index (χ1v) is 8.06. The summed E-state index contributed by atoms with van der Waals surface area (Å²) in [4.78, 5) is 0. The fourth-order valence-corrected chi connectivity index (χ4v) is 2.07. The molecule has 0 amide bonds. The van der Waals surface area contributed by atoms with E-state index in [-0.39, 0.29) is 0 Å². The fraction of sp³-hybridized carbons (Fsp3) is 0.600. The van der Waals surface area contributed by atoms with Crippen molar-refractivity contribution in [1.82, 2.24) is 0 Å². The lowest BCUT2D eigenvalue weighted by Crippen LogP contribution is -1.87. The van der Waals surface area contributed by atoms with Crippen LogP contribution in [0.1, 0.15) is 73.1 Å². The van der Waals surface area contributed by atoms with Crippen molar-refractivity contribution in [1.29, 1.82) is 0 Å². The lowest BCUT2D eigenvalue weighted by atomic mass is 10.0. The van der Waals surface area contributed by atoms with E-state index in [1.165, 1.54) is 43.3 Å². The third-order valence-electron chi connectivity index (χ3n) is 3.61. The molecule has 0 bridgehead atoms. The molecule has 0 aromatic rings. The zero-order chi connectivity index (χ0) is 15.4. The Morgan fingerprint density at radius 2 is 1.60 bits per heavy atom. The summed E-state index contributed by atoms with van der Waals surface area (Å²) in [5, 5.41) is 0. The summed E-state index contributed by atoms with van der Waals surface area (Å²) in [6, 6.07) is 0. The van der Waals surface area contributed by atoms with Crippen LogP contribution in [0.3, 0.4) is 0 Å². The van der Waals surface area contributed by atoms with Crippen LogP contribution in [-0.2, 0) is 0 Å². The minimum absolute atomic E-state index is 0.833. The SMILES string of the molecule is C=CC(C)=CCC=C(C)CCC=C(C)CCCC(C)C. The highest BCUT2D eigenvalue weighted by molar-refractivity contribution is 5.15. The van der Waals surface area contributed by atoms with Crippen molar-refractivity contribution < 1.29 is 0 Å². The zero-order valence-electron chi connectivity index (χ0n) is 14.3. The summed E-state index contributed by atoms with van der Waals surface area (Å²) in [5.74, 6) is 0.833. The molecule has 0 saturated carbocycles. The Hall–Kier alpha value is -1.04. The molecule has 0 rings (SSSR count). The van der Waals surface area contributed by atoms with Crippen molar-refractivity contribution in [3.8, 4) is 0 Å². The standard InChI is InChI=1S/C20H34/c1-7-18(4)12-9-14-20(6)16-10-15-19(5)13-8-11-17(2)3/h7,12,14-15,17H,1,8-11,13,16H2,2-6H3. The Kier molecular flexibility index (Phi) is 11.1. The Balaban J connectivity index is 3.91. The Morgan fingerprint density at radius 3 is 2.20 bits per heavy atom. The highest BCUT2D eigenvalue weighted by Gasteiger charge is 1.95. The van der Waals surface area contributed by atoms with Crippen molar-refractivity contribution in [3.05, 3.63) is 47.6 Å². The summed E-state index contributed by atoms with van der Waals surface area (Å²) >= 11 is 0. The van der Waals surface area contributed by atoms with Crippen LogP contribution in [0.4, 0.5) is 0 Å². The normalized spacial score (nSPS) is 14.0. The van der Waals surface area contributed by atoms with Crippen molar-refractivity contribution in [2.45, 2.75) is 73.1 Å². The molecule has 0 saturated heterocycles. The molecule has 0 aromatic heterocycles. The maximum Gasteiger partial charge on any atom is -0.0161 e. The Morgan fingerprint density at radius 1 is 0.950 bits per heavy atom.